The van der Waals surface area contributed by atoms with Crippen molar-refractivity contribution in [2.45, 2.75) is 26.8 Å². The number of H-pyrrole nitrogens is 1. The summed E-state index contributed by atoms with van der Waals surface area (Å²) in [6, 6.07) is 3.58. The van der Waals surface area contributed by atoms with E-state index < -0.39 is 0 Å². The van der Waals surface area contributed by atoms with Gasteiger partial charge in [-0.2, -0.15) is 0 Å². The van der Waals surface area contributed by atoms with Crippen LogP contribution in [0, 0.1) is 6.92 Å². The van der Waals surface area contributed by atoms with Gasteiger partial charge >= 0.3 is 0 Å². The molecule has 0 aliphatic rings. The Bertz CT molecular complexity index is 559. The van der Waals surface area contributed by atoms with Crippen LogP contribution in [0.1, 0.15) is 23.2 Å². The fourth-order valence-corrected chi connectivity index (χ4v) is 2.37. The predicted octanol–water partition coefficient (Wildman–Crippen LogP) is 2.31. The number of aromatic amines is 1. The highest BCUT2D eigenvalue weighted by atomic mass is 32.1. The van der Waals surface area contributed by atoms with E-state index >= 15 is 0 Å². The van der Waals surface area contributed by atoms with Gasteiger partial charge < -0.3 is 10.3 Å². The van der Waals surface area contributed by atoms with E-state index in [1.165, 1.54) is 16.5 Å². The SMILES string of the molecule is CCc1nc(NCc2sccc2C)cc(=O)[nH]1. The number of aryl methyl sites for hydroxylation is 2. The van der Waals surface area contributed by atoms with Crippen molar-refractivity contribution in [3.05, 3.63) is 44.1 Å². The molecule has 2 rings (SSSR count). The molecule has 0 fully saturated rings. The second kappa shape index (κ2) is 5.14. The monoisotopic (exact) mass is 249 g/mol. The Balaban J connectivity index is 2.11. The first-order valence-corrected chi connectivity index (χ1v) is 6.44. The maximum absolute atomic E-state index is 11.4. The van der Waals surface area contributed by atoms with Crippen molar-refractivity contribution in [1.82, 2.24) is 9.97 Å². The quantitative estimate of drug-likeness (QED) is 0.874. The Morgan fingerprint density at radius 1 is 1.53 bits per heavy atom. The van der Waals surface area contributed by atoms with Crippen molar-refractivity contribution in [3.63, 3.8) is 0 Å². The summed E-state index contributed by atoms with van der Waals surface area (Å²) in [5.74, 6) is 1.35. The molecule has 2 N–H and O–H groups in total. The number of hydrogen-bond acceptors (Lipinski definition) is 4. The zero-order chi connectivity index (χ0) is 12.3. The lowest BCUT2D eigenvalue weighted by atomic mass is 10.3. The van der Waals surface area contributed by atoms with Crippen molar-refractivity contribution >= 4 is 17.2 Å². The maximum atomic E-state index is 11.4. The molecule has 0 aliphatic heterocycles. The molecule has 0 spiro atoms. The first-order chi connectivity index (χ1) is 8.19. The molecule has 0 radical (unpaired) electrons. The Kier molecular flexibility index (Phi) is 3.58. The zero-order valence-electron chi connectivity index (χ0n) is 9.91. The number of hydrogen-bond donors (Lipinski definition) is 2. The topological polar surface area (TPSA) is 57.8 Å². The van der Waals surface area contributed by atoms with E-state index in [1.807, 2.05) is 6.92 Å². The molecule has 0 atom stereocenters. The second-order valence-electron chi connectivity index (χ2n) is 3.81. The molecule has 2 aromatic heterocycles. The van der Waals surface area contributed by atoms with Gasteiger partial charge in [-0.15, -0.1) is 11.3 Å². The van der Waals surface area contributed by atoms with Crippen molar-refractivity contribution in [3.8, 4) is 0 Å². The smallest absolute Gasteiger partial charge is 0.252 e. The molecule has 4 nitrogen and oxygen atoms in total. The largest absolute Gasteiger partial charge is 0.365 e. The van der Waals surface area contributed by atoms with Crippen LogP contribution in [-0.2, 0) is 13.0 Å². The molecule has 90 valence electrons. The van der Waals surface area contributed by atoms with Gasteiger partial charge in [0.05, 0.1) is 6.54 Å². The van der Waals surface area contributed by atoms with Crippen LogP contribution in [0.3, 0.4) is 0 Å². The van der Waals surface area contributed by atoms with Gasteiger partial charge in [0.15, 0.2) is 0 Å². The van der Waals surface area contributed by atoms with Gasteiger partial charge in [-0.1, -0.05) is 6.92 Å². The molecule has 2 heterocycles. The summed E-state index contributed by atoms with van der Waals surface area (Å²) in [5.41, 5.74) is 1.16. The molecule has 0 aromatic carbocycles. The van der Waals surface area contributed by atoms with E-state index in [-0.39, 0.29) is 5.56 Å². The van der Waals surface area contributed by atoms with Gasteiger partial charge in [-0.3, -0.25) is 4.79 Å². The highest BCUT2D eigenvalue weighted by Gasteiger charge is 2.02. The molecule has 0 saturated carbocycles. The number of aromatic nitrogens is 2. The van der Waals surface area contributed by atoms with Gasteiger partial charge in [0.25, 0.3) is 5.56 Å². The van der Waals surface area contributed by atoms with E-state index in [4.69, 9.17) is 0 Å². The summed E-state index contributed by atoms with van der Waals surface area (Å²) in [6.45, 7) is 4.75. The molecule has 5 heteroatoms. The fourth-order valence-electron chi connectivity index (χ4n) is 1.52. The van der Waals surface area contributed by atoms with Gasteiger partial charge in [0.2, 0.25) is 0 Å². The van der Waals surface area contributed by atoms with Crippen LogP contribution in [0.2, 0.25) is 0 Å². The minimum absolute atomic E-state index is 0.109. The first-order valence-electron chi connectivity index (χ1n) is 5.56. The number of nitrogens with one attached hydrogen (secondary N) is 2. The van der Waals surface area contributed by atoms with Crippen molar-refractivity contribution in [2.24, 2.45) is 0 Å². The van der Waals surface area contributed by atoms with Gasteiger partial charge in [0, 0.05) is 17.4 Å². The number of anilines is 1. The second-order valence-corrected chi connectivity index (χ2v) is 4.81. The Morgan fingerprint density at radius 2 is 2.35 bits per heavy atom. The highest BCUT2D eigenvalue weighted by molar-refractivity contribution is 7.10. The zero-order valence-corrected chi connectivity index (χ0v) is 10.7. The number of nitrogens with zero attached hydrogens (tertiary/aromatic N) is 1. The maximum Gasteiger partial charge on any atom is 0.252 e. The van der Waals surface area contributed by atoms with Crippen molar-refractivity contribution < 1.29 is 0 Å². The van der Waals surface area contributed by atoms with E-state index in [0.29, 0.717) is 18.2 Å². The number of thiophene rings is 1. The standard InChI is InChI=1S/C12H15N3OS/c1-3-10-14-11(6-12(16)15-10)13-7-9-8(2)4-5-17-9/h4-6H,3,7H2,1-2H3,(H2,13,14,15,16). The molecule has 17 heavy (non-hydrogen) atoms. The lowest BCUT2D eigenvalue weighted by molar-refractivity contribution is 0.915. The summed E-state index contributed by atoms with van der Waals surface area (Å²) in [6.07, 6.45) is 0.725. The minimum Gasteiger partial charge on any atom is -0.365 e. The van der Waals surface area contributed by atoms with Crippen LogP contribution in [-0.4, -0.2) is 9.97 Å². The van der Waals surface area contributed by atoms with E-state index in [9.17, 15) is 4.79 Å². The Hall–Kier alpha value is -1.62. The van der Waals surface area contributed by atoms with Gasteiger partial charge in [-0.25, -0.2) is 4.98 Å². The lowest BCUT2D eigenvalue weighted by Crippen LogP contribution is -2.13. The van der Waals surface area contributed by atoms with E-state index in [0.717, 1.165) is 6.42 Å². The molecular formula is C12H15N3OS. The molecule has 0 saturated heterocycles. The summed E-state index contributed by atoms with van der Waals surface area (Å²) in [5, 5.41) is 5.25. The van der Waals surface area contributed by atoms with Crippen LogP contribution in [0.15, 0.2) is 22.3 Å². The number of rotatable bonds is 4. The third-order valence-electron chi connectivity index (χ3n) is 2.52. The average Bonchev–Trinajstić information content (AvgIpc) is 2.71. The summed E-state index contributed by atoms with van der Waals surface area (Å²) < 4.78 is 0. The van der Waals surface area contributed by atoms with E-state index in [1.54, 1.807) is 11.3 Å². The van der Waals surface area contributed by atoms with Crippen LogP contribution in [0.4, 0.5) is 5.82 Å². The molecule has 0 unspecified atom stereocenters. The third-order valence-corrected chi connectivity index (χ3v) is 3.55. The van der Waals surface area contributed by atoms with Crippen LogP contribution >= 0.6 is 11.3 Å². The highest BCUT2D eigenvalue weighted by Crippen LogP contribution is 2.16. The van der Waals surface area contributed by atoms with Crippen LogP contribution < -0.4 is 10.9 Å². The molecule has 0 bridgehead atoms. The fraction of sp³-hybridized carbons (Fsp3) is 0.333. The minimum atomic E-state index is -0.109. The lowest BCUT2D eigenvalue weighted by Gasteiger charge is -2.05. The Labute approximate surface area is 104 Å². The van der Waals surface area contributed by atoms with Gasteiger partial charge in [-0.05, 0) is 23.9 Å². The third kappa shape index (κ3) is 2.94. The normalized spacial score (nSPS) is 10.5. The molecule has 0 amide bonds. The van der Waals surface area contributed by atoms with Crippen LogP contribution in [0.25, 0.3) is 0 Å². The molecular weight excluding hydrogens is 234 g/mol. The summed E-state index contributed by atoms with van der Waals surface area (Å²) in [4.78, 5) is 19.7. The van der Waals surface area contributed by atoms with Crippen LogP contribution in [0.5, 0.6) is 0 Å². The van der Waals surface area contributed by atoms with Crippen molar-refractivity contribution in [1.29, 1.82) is 0 Å². The average molecular weight is 249 g/mol. The Morgan fingerprint density at radius 3 is 3.00 bits per heavy atom. The van der Waals surface area contributed by atoms with Crippen molar-refractivity contribution in [2.75, 3.05) is 5.32 Å². The summed E-state index contributed by atoms with van der Waals surface area (Å²) in [7, 11) is 0. The van der Waals surface area contributed by atoms with Gasteiger partial charge in [0.1, 0.15) is 11.6 Å². The molecule has 0 aliphatic carbocycles. The first kappa shape index (κ1) is 11.9. The predicted molar refractivity (Wildman–Crippen MR) is 70.6 cm³/mol. The van der Waals surface area contributed by atoms with E-state index in [2.05, 4.69) is 33.7 Å². The summed E-state index contributed by atoms with van der Waals surface area (Å²) >= 11 is 1.71. The molecule has 2 aromatic rings.